The van der Waals surface area contributed by atoms with E-state index in [4.69, 9.17) is 0 Å². The van der Waals surface area contributed by atoms with Crippen molar-refractivity contribution in [1.29, 1.82) is 0 Å². The van der Waals surface area contributed by atoms with Gasteiger partial charge in [-0.2, -0.15) is 0 Å². The van der Waals surface area contributed by atoms with E-state index in [0.29, 0.717) is 18.0 Å². The second kappa shape index (κ2) is 4.99. The molecule has 1 aliphatic rings. The zero-order valence-electron chi connectivity index (χ0n) is 10.4. The number of aromatic amines is 1. The monoisotopic (exact) mass is 308 g/mol. The van der Waals surface area contributed by atoms with Crippen molar-refractivity contribution in [3.63, 3.8) is 0 Å². The zero-order chi connectivity index (χ0) is 14.2. The molecule has 2 heterocycles. The molecule has 0 amide bonds. The van der Waals surface area contributed by atoms with Crippen LogP contribution in [0.4, 0.5) is 5.69 Å². The number of hydrogen-bond acceptors (Lipinski definition) is 4. The summed E-state index contributed by atoms with van der Waals surface area (Å²) in [6.45, 7) is 0.420. The lowest BCUT2D eigenvalue weighted by Gasteiger charge is -2.29. The molecule has 104 valence electrons. The molecule has 0 spiro atoms. The molecule has 0 unspecified atom stereocenters. The normalized spacial score (nSPS) is 14.9. The molecule has 7 heteroatoms. The first kappa shape index (κ1) is 13.3. The van der Waals surface area contributed by atoms with E-state index >= 15 is 0 Å². The molecule has 5 nitrogen and oxygen atoms in total. The zero-order valence-corrected chi connectivity index (χ0v) is 12.1. The number of nitrogens with zero attached hydrogens (tertiary/aromatic N) is 1. The van der Waals surface area contributed by atoms with Crippen LogP contribution in [0.2, 0.25) is 0 Å². The Labute approximate surface area is 120 Å². The number of pyridine rings is 1. The minimum absolute atomic E-state index is 0.0961. The fourth-order valence-corrected chi connectivity index (χ4v) is 4.70. The van der Waals surface area contributed by atoms with E-state index in [1.54, 1.807) is 17.8 Å². The number of benzene rings is 1. The number of rotatable bonds is 2. The fraction of sp³-hybridized carbons (Fsp3) is 0.154. The molecule has 0 saturated carbocycles. The van der Waals surface area contributed by atoms with Gasteiger partial charge in [0.05, 0.1) is 5.69 Å². The number of aromatic nitrogens is 1. The lowest BCUT2D eigenvalue weighted by molar-refractivity contribution is 0.591. The number of anilines is 1. The van der Waals surface area contributed by atoms with Crippen LogP contribution in [0.15, 0.2) is 57.2 Å². The van der Waals surface area contributed by atoms with Crippen LogP contribution in [0, 0.1) is 0 Å². The average Bonchev–Trinajstić information content (AvgIpc) is 2.47. The maximum Gasteiger partial charge on any atom is 0.265 e. The molecule has 3 rings (SSSR count). The Morgan fingerprint density at radius 3 is 2.70 bits per heavy atom. The first-order valence-corrected chi connectivity index (χ1v) is 8.45. The highest BCUT2D eigenvalue weighted by atomic mass is 32.2. The quantitative estimate of drug-likeness (QED) is 0.916. The molecule has 2 aromatic rings. The lowest BCUT2D eigenvalue weighted by atomic mass is 10.3. The van der Waals surface area contributed by atoms with Gasteiger partial charge in [-0.15, -0.1) is 11.8 Å². The van der Waals surface area contributed by atoms with Crippen LogP contribution in [0.25, 0.3) is 0 Å². The van der Waals surface area contributed by atoms with Gasteiger partial charge in [0.25, 0.3) is 10.0 Å². The van der Waals surface area contributed by atoms with Crippen molar-refractivity contribution in [3.8, 4) is 0 Å². The van der Waals surface area contributed by atoms with Crippen LogP contribution < -0.4 is 9.86 Å². The largest absolute Gasteiger partial charge is 0.328 e. The van der Waals surface area contributed by atoms with Gasteiger partial charge in [-0.3, -0.25) is 9.10 Å². The van der Waals surface area contributed by atoms with Crippen LogP contribution in [-0.2, 0) is 10.0 Å². The van der Waals surface area contributed by atoms with E-state index in [1.807, 2.05) is 18.2 Å². The number of nitrogens with one attached hydrogen (secondary N) is 1. The second-order valence-electron chi connectivity index (χ2n) is 4.28. The highest BCUT2D eigenvalue weighted by Crippen LogP contribution is 2.37. The van der Waals surface area contributed by atoms with Gasteiger partial charge >= 0.3 is 0 Å². The van der Waals surface area contributed by atoms with Gasteiger partial charge in [0.1, 0.15) is 4.90 Å². The molecule has 0 saturated heterocycles. The number of sulfonamides is 1. The van der Waals surface area contributed by atoms with Crippen LogP contribution in [0.5, 0.6) is 0 Å². The minimum Gasteiger partial charge on any atom is -0.328 e. The Morgan fingerprint density at radius 1 is 1.15 bits per heavy atom. The molecule has 20 heavy (non-hydrogen) atoms. The summed E-state index contributed by atoms with van der Waals surface area (Å²) in [5, 5.41) is 0. The number of H-pyrrole nitrogens is 1. The van der Waals surface area contributed by atoms with Crippen molar-refractivity contribution in [1.82, 2.24) is 4.98 Å². The van der Waals surface area contributed by atoms with Gasteiger partial charge in [-0.25, -0.2) is 8.42 Å². The topological polar surface area (TPSA) is 70.2 Å². The molecule has 0 radical (unpaired) electrons. The highest BCUT2D eigenvalue weighted by Gasteiger charge is 2.29. The van der Waals surface area contributed by atoms with Gasteiger partial charge in [0.2, 0.25) is 5.56 Å². The molecule has 1 N–H and O–H groups in total. The van der Waals surface area contributed by atoms with Crippen molar-refractivity contribution >= 4 is 27.5 Å². The third-order valence-corrected chi connectivity index (χ3v) is 5.88. The minimum atomic E-state index is -3.64. The van der Waals surface area contributed by atoms with E-state index in [0.717, 1.165) is 4.90 Å². The summed E-state index contributed by atoms with van der Waals surface area (Å²) in [5.41, 5.74) is 0.369. The van der Waals surface area contributed by atoms with Crippen LogP contribution >= 0.6 is 11.8 Å². The molecule has 1 aromatic heterocycles. The molecular weight excluding hydrogens is 296 g/mol. The molecule has 0 bridgehead atoms. The maximum absolute atomic E-state index is 12.7. The lowest BCUT2D eigenvalue weighted by Crippen LogP contribution is -2.35. The maximum atomic E-state index is 12.7. The number of thioether (sulfide) groups is 1. The van der Waals surface area contributed by atoms with Gasteiger partial charge in [-0.1, -0.05) is 12.1 Å². The van der Waals surface area contributed by atoms with Gasteiger partial charge in [0.15, 0.2) is 0 Å². The van der Waals surface area contributed by atoms with Crippen LogP contribution in [0.3, 0.4) is 0 Å². The Kier molecular flexibility index (Phi) is 3.31. The standard InChI is InChI=1S/C13H12N2O3S2/c16-13-6-5-10(9-14-13)20(17,18)15-7-8-19-12-4-2-1-3-11(12)15/h1-6,9H,7-8H2,(H,14,16). The van der Waals surface area contributed by atoms with Crippen molar-refractivity contribution in [2.75, 3.05) is 16.6 Å². The van der Waals surface area contributed by atoms with Gasteiger partial charge in [0, 0.05) is 29.5 Å². The fourth-order valence-electron chi connectivity index (χ4n) is 2.08. The molecular formula is C13H12N2O3S2. The Morgan fingerprint density at radius 2 is 1.95 bits per heavy atom. The average molecular weight is 308 g/mol. The summed E-state index contributed by atoms with van der Waals surface area (Å²) < 4.78 is 26.7. The third-order valence-electron chi connectivity index (χ3n) is 3.03. The van der Waals surface area contributed by atoms with Gasteiger partial charge < -0.3 is 4.98 Å². The molecule has 0 fully saturated rings. The Hall–Kier alpha value is -1.73. The summed E-state index contributed by atoms with van der Waals surface area (Å²) in [4.78, 5) is 14.5. The number of para-hydroxylation sites is 1. The van der Waals surface area contributed by atoms with E-state index in [-0.39, 0.29) is 10.5 Å². The summed E-state index contributed by atoms with van der Waals surface area (Å²) >= 11 is 1.64. The molecule has 0 aliphatic carbocycles. The van der Waals surface area contributed by atoms with Crippen molar-refractivity contribution in [2.24, 2.45) is 0 Å². The summed E-state index contributed by atoms with van der Waals surface area (Å²) in [7, 11) is -3.64. The predicted octanol–water partition coefficient (Wildman–Crippen LogP) is 1.68. The van der Waals surface area contributed by atoms with Crippen molar-refractivity contribution in [3.05, 3.63) is 52.9 Å². The summed E-state index contributed by atoms with van der Waals surface area (Å²) in [5.74, 6) is 0.708. The van der Waals surface area contributed by atoms with Gasteiger partial charge in [-0.05, 0) is 18.2 Å². The molecule has 1 aromatic carbocycles. The number of hydrogen-bond donors (Lipinski definition) is 1. The third kappa shape index (κ3) is 2.23. The predicted molar refractivity (Wildman–Crippen MR) is 78.8 cm³/mol. The van der Waals surface area contributed by atoms with Crippen molar-refractivity contribution in [2.45, 2.75) is 9.79 Å². The van der Waals surface area contributed by atoms with E-state index in [1.165, 1.54) is 22.6 Å². The molecule has 1 aliphatic heterocycles. The first-order valence-electron chi connectivity index (χ1n) is 6.02. The van der Waals surface area contributed by atoms with E-state index in [2.05, 4.69) is 4.98 Å². The highest BCUT2D eigenvalue weighted by molar-refractivity contribution is 8.00. The van der Waals surface area contributed by atoms with Crippen LogP contribution in [0.1, 0.15) is 0 Å². The smallest absolute Gasteiger partial charge is 0.265 e. The van der Waals surface area contributed by atoms with Crippen molar-refractivity contribution < 1.29 is 8.42 Å². The number of fused-ring (bicyclic) bond motifs is 1. The van der Waals surface area contributed by atoms with E-state index in [9.17, 15) is 13.2 Å². The summed E-state index contributed by atoms with van der Waals surface area (Å²) in [6.07, 6.45) is 1.24. The first-order chi connectivity index (χ1) is 9.59. The molecule has 0 atom stereocenters. The Balaban J connectivity index is 2.09. The second-order valence-corrected chi connectivity index (χ2v) is 7.28. The van der Waals surface area contributed by atoms with Crippen LogP contribution in [-0.4, -0.2) is 25.7 Å². The Bertz CT molecular complexity index is 779. The van der Waals surface area contributed by atoms with E-state index < -0.39 is 10.0 Å². The summed E-state index contributed by atoms with van der Waals surface area (Å²) in [6, 6.07) is 9.97. The SMILES string of the molecule is O=c1ccc(S(=O)(=O)N2CCSc3ccccc32)c[nH]1.